The molecule has 0 aromatic heterocycles. The first-order chi connectivity index (χ1) is 12.2. The molecule has 26 heavy (non-hydrogen) atoms. The number of nitrogens with zero attached hydrogens (tertiary/aromatic N) is 3. The van der Waals surface area contributed by atoms with Crippen LogP contribution in [0.15, 0.2) is 18.2 Å². The van der Waals surface area contributed by atoms with Crippen molar-refractivity contribution in [2.45, 2.75) is 58.1 Å². The molecule has 1 heterocycles. The Morgan fingerprint density at radius 2 is 2.19 bits per heavy atom. The maximum atomic E-state index is 11.1. The fourth-order valence-corrected chi connectivity index (χ4v) is 2.97. The van der Waals surface area contributed by atoms with Crippen LogP contribution in [0.2, 0.25) is 0 Å². The molecule has 1 aromatic carbocycles. The maximum Gasteiger partial charge on any atom is 0.290 e. The van der Waals surface area contributed by atoms with E-state index < -0.39 is 16.9 Å². The number of hydrogen-bond donors (Lipinski definition) is 1. The van der Waals surface area contributed by atoms with E-state index >= 15 is 0 Å². The number of likely N-dealkylation sites (tertiary alicyclic amines) is 1. The van der Waals surface area contributed by atoms with Crippen LogP contribution < -0.4 is 4.74 Å². The second kappa shape index (κ2) is 8.45. The van der Waals surface area contributed by atoms with Gasteiger partial charge in [-0.25, -0.2) is 4.90 Å². The summed E-state index contributed by atoms with van der Waals surface area (Å²) in [4.78, 5) is 12.3. The van der Waals surface area contributed by atoms with Gasteiger partial charge < -0.3 is 14.6 Å². The molecule has 8 nitrogen and oxygen atoms in total. The van der Waals surface area contributed by atoms with Gasteiger partial charge in [0.1, 0.15) is 18.4 Å². The quantitative estimate of drug-likeness (QED) is 0.470. The number of aliphatic hydroxyl groups is 1. The third-order valence-electron chi connectivity index (χ3n) is 4.16. The summed E-state index contributed by atoms with van der Waals surface area (Å²) in [7, 11) is 0. The van der Waals surface area contributed by atoms with Crippen LogP contribution in [0.1, 0.15) is 45.6 Å². The van der Waals surface area contributed by atoms with Gasteiger partial charge in [-0.1, -0.05) is 12.5 Å². The van der Waals surface area contributed by atoms with Gasteiger partial charge in [-0.15, -0.1) is 0 Å². The lowest BCUT2D eigenvalue weighted by Gasteiger charge is -2.40. The molecule has 1 N–H and O–H groups in total. The van der Waals surface area contributed by atoms with Crippen molar-refractivity contribution in [2.75, 3.05) is 13.2 Å². The minimum Gasteiger partial charge on any atom is -0.490 e. The van der Waals surface area contributed by atoms with Gasteiger partial charge in [0.15, 0.2) is 5.56 Å². The Morgan fingerprint density at radius 3 is 2.81 bits per heavy atom. The highest BCUT2D eigenvalue weighted by Crippen LogP contribution is 2.29. The smallest absolute Gasteiger partial charge is 0.290 e. The molecule has 1 saturated heterocycles. The van der Waals surface area contributed by atoms with Crippen LogP contribution in [-0.2, 0) is 4.74 Å². The average Bonchev–Trinajstić information content (AvgIpc) is 2.58. The zero-order valence-electron chi connectivity index (χ0n) is 15.3. The highest BCUT2D eigenvalue weighted by Gasteiger charge is 2.31. The summed E-state index contributed by atoms with van der Waals surface area (Å²) in [6.07, 6.45) is 1.69. The van der Waals surface area contributed by atoms with E-state index in [2.05, 4.69) is 0 Å². The van der Waals surface area contributed by atoms with Crippen LogP contribution >= 0.6 is 0 Å². The van der Waals surface area contributed by atoms with Gasteiger partial charge in [-0.3, -0.25) is 10.1 Å². The monoisotopic (exact) mass is 363 g/mol. The minimum atomic E-state index is -1.05. The lowest BCUT2D eigenvalue weighted by molar-refractivity contribution is -0.385. The minimum absolute atomic E-state index is 0.0913. The molecular formula is C18H25N3O5. The van der Waals surface area contributed by atoms with Crippen molar-refractivity contribution in [3.8, 4) is 11.8 Å². The third-order valence-corrected chi connectivity index (χ3v) is 4.16. The summed E-state index contributed by atoms with van der Waals surface area (Å²) in [6, 6.07) is 6.05. The number of ether oxygens (including phenoxy) is 2. The predicted octanol–water partition coefficient (Wildman–Crippen LogP) is 2.79. The number of piperidine rings is 1. The number of aliphatic hydroxyl groups excluding tert-OH is 1. The van der Waals surface area contributed by atoms with Crippen LogP contribution in [0.25, 0.3) is 0 Å². The van der Waals surface area contributed by atoms with Crippen molar-refractivity contribution in [3.05, 3.63) is 33.9 Å². The van der Waals surface area contributed by atoms with E-state index in [0.717, 1.165) is 19.3 Å². The standard InChI is InChI=1S/C18H25N3O5/c1-18(2,3)26-17(22)20-10-5-4-7-13(20)12-25-16-9-6-8-15(21(23)24)14(16)11-19/h6,8-9,13,17,22H,4-5,7,10,12H2,1-3H3/t13-,17?/m1/s1. The van der Waals surface area contributed by atoms with E-state index in [9.17, 15) is 20.5 Å². The zero-order valence-corrected chi connectivity index (χ0v) is 15.3. The van der Waals surface area contributed by atoms with E-state index in [1.807, 2.05) is 31.7 Å². The van der Waals surface area contributed by atoms with Crippen molar-refractivity contribution < 1.29 is 19.5 Å². The summed E-state index contributed by atoms with van der Waals surface area (Å²) in [5, 5.41) is 30.7. The summed E-state index contributed by atoms with van der Waals surface area (Å²) in [5.74, 6) is 0.179. The van der Waals surface area contributed by atoms with E-state index in [0.29, 0.717) is 6.54 Å². The Labute approximate surface area is 153 Å². The van der Waals surface area contributed by atoms with Gasteiger partial charge in [0.05, 0.1) is 10.5 Å². The fraction of sp³-hybridized carbons (Fsp3) is 0.611. The molecule has 2 atom stereocenters. The van der Waals surface area contributed by atoms with Crippen molar-refractivity contribution in [2.24, 2.45) is 0 Å². The van der Waals surface area contributed by atoms with E-state index in [-0.39, 0.29) is 29.6 Å². The maximum absolute atomic E-state index is 11.1. The number of nitro benzene ring substituents is 1. The SMILES string of the molecule is CC(C)(C)OC(O)N1CCCC[C@@H]1COc1cccc([N+](=O)[O-])c1C#N. The van der Waals surface area contributed by atoms with Crippen molar-refractivity contribution in [1.29, 1.82) is 5.26 Å². The summed E-state index contributed by atoms with van der Waals surface area (Å²) >= 11 is 0. The molecule has 142 valence electrons. The Balaban J connectivity index is 2.11. The molecule has 2 rings (SSSR count). The average molecular weight is 363 g/mol. The molecule has 0 saturated carbocycles. The normalized spacial score (nSPS) is 19.6. The molecule has 1 fully saturated rings. The van der Waals surface area contributed by atoms with Gasteiger partial charge in [0, 0.05) is 18.7 Å². The molecule has 8 heteroatoms. The molecule has 0 aliphatic carbocycles. The summed E-state index contributed by atoms with van der Waals surface area (Å²) in [5.41, 5.74) is -0.857. The largest absolute Gasteiger partial charge is 0.490 e. The van der Waals surface area contributed by atoms with Crippen LogP contribution in [0.5, 0.6) is 5.75 Å². The number of nitro groups is 1. The van der Waals surface area contributed by atoms with Gasteiger partial charge in [-0.2, -0.15) is 5.26 Å². The highest BCUT2D eigenvalue weighted by atomic mass is 16.6. The first-order valence-electron chi connectivity index (χ1n) is 8.65. The molecule has 1 aliphatic heterocycles. The van der Waals surface area contributed by atoms with E-state index in [1.165, 1.54) is 12.1 Å². The molecule has 1 aromatic rings. The Kier molecular flexibility index (Phi) is 6.53. The Hall–Kier alpha value is -2.21. The predicted molar refractivity (Wildman–Crippen MR) is 94.5 cm³/mol. The van der Waals surface area contributed by atoms with Gasteiger partial charge in [0.2, 0.25) is 6.41 Å². The topological polar surface area (TPSA) is 109 Å². The molecular weight excluding hydrogens is 338 g/mol. The molecule has 0 bridgehead atoms. The fourth-order valence-electron chi connectivity index (χ4n) is 2.97. The lowest BCUT2D eigenvalue weighted by atomic mass is 10.0. The van der Waals surface area contributed by atoms with Crippen LogP contribution in [0, 0.1) is 21.4 Å². The Morgan fingerprint density at radius 1 is 1.46 bits per heavy atom. The molecule has 0 radical (unpaired) electrons. The number of benzene rings is 1. The Bertz CT molecular complexity index is 680. The second-order valence-electron chi connectivity index (χ2n) is 7.27. The molecule has 0 spiro atoms. The molecule has 1 unspecified atom stereocenters. The van der Waals surface area contributed by atoms with Crippen LogP contribution in [-0.4, -0.2) is 46.1 Å². The third kappa shape index (κ3) is 5.14. The van der Waals surface area contributed by atoms with Crippen molar-refractivity contribution in [3.63, 3.8) is 0 Å². The van der Waals surface area contributed by atoms with Crippen LogP contribution in [0.3, 0.4) is 0 Å². The molecule has 0 amide bonds. The summed E-state index contributed by atoms with van der Waals surface area (Å²) < 4.78 is 11.4. The van der Waals surface area contributed by atoms with Gasteiger partial charge in [-0.05, 0) is 39.7 Å². The first-order valence-corrected chi connectivity index (χ1v) is 8.65. The van der Waals surface area contributed by atoms with Gasteiger partial charge >= 0.3 is 0 Å². The molecule has 1 aliphatic rings. The number of hydrogen-bond acceptors (Lipinski definition) is 7. The lowest BCUT2D eigenvalue weighted by Crippen LogP contribution is -2.51. The van der Waals surface area contributed by atoms with Crippen LogP contribution in [0.4, 0.5) is 5.69 Å². The zero-order chi connectivity index (χ0) is 19.3. The number of nitriles is 1. The van der Waals surface area contributed by atoms with Crippen molar-refractivity contribution >= 4 is 5.69 Å². The van der Waals surface area contributed by atoms with E-state index in [1.54, 1.807) is 6.07 Å². The van der Waals surface area contributed by atoms with E-state index in [4.69, 9.17) is 9.47 Å². The summed E-state index contributed by atoms with van der Waals surface area (Å²) in [6.45, 7) is 6.49. The van der Waals surface area contributed by atoms with Gasteiger partial charge in [0.25, 0.3) is 5.69 Å². The first kappa shape index (κ1) is 20.1. The highest BCUT2D eigenvalue weighted by molar-refractivity contribution is 5.56. The number of rotatable bonds is 6. The second-order valence-corrected chi connectivity index (χ2v) is 7.27. The van der Waals surface area contributed by atoms with Crippen molar-refractivity contribution in [1.82, 2.24) is 4.90 Å².